The Bertz CT molecular complexity index is 154. The molecule has 0 spiro atoms. The zero-order chi connectivity index (χ0) is 9.80. The van der Waals surface area contributed by atoms with Crippen LogP contribution in [-0.4, -0.2) is 50.2 Å². The van der Waals surface area contributed by atoms with Crippen molar-refractivity contribution in [2.75, 3.05) is 33.2 Å². The Morgan fingerprint density at radius 2 is 1.43 bits per heavy atom. The van der Waals surface area contributed by atoms with Gasteiger partial charge in [0.15, 0.2) is 0 Å². The van der Waals surface area contributed by atoms with E-state index in [4.69, 9.17) is 0 Å². The highest BCUT2D eigenvalue weighted by molar-refractivity contribution is 4.87. The smallest absolute Gasteiger partial charge is 0.0221 e. The van der Waals surface area contributed by atoms with Crippen LogP contribution in [0, 0.1) is 0 Å². The Morgan fingerprint density at radius 3 is 1.93 bits per heavy atom. The van der Waals surface area contributed by atoms with Gasteiger partial charge >= 0.3 is 0 Å². The minimum Gasteiger partial charge on any atom is -0.311 e. The van der Waals surface area contributed by atoms with E-state index in [0.717, 1.165) is 25.2 Å². The highest BCUT2D eigenvalue weighted by atomic mass is 15.2. The topological polar surface area (TPSA) is 27.3 Å². The highest BCUT2D eigenvalue weighted by Gasteiger charge is 2.24. The molecule has 2 fully saturated rings. The van der Waals surface area contributed by atoms with Crippen LogP contribution in [0.4, 0.5) is 0 Å². The Morgan fingerprint density at radius 1 is 0.929 bits per heavy atom. The van der Waals surface area contributed by atoms with Crippen LogP contribution in [-0.2, 0) is 0 Å². The van der Waals surface area contributed by atoms with Gasteiger partial charge in [-0.05, 0) is 19.9 Å². The Hall–Kier alpha value is -0.120. The van der Waals surface area contributed by atoms with E-state index in [-0.39, 0.29) is 0 Å². The van der Waals surface area contributed by atoms with Gasteiger partial charge < -0.3 is 15.5 Å². The standard InChI is InChI=1S/C11H23N3/c1-14-8-6-12-10-4-2-3-5-11(10)13-7-9-14/h10-13H,2-9H2,1H3. The first-order valence-corrected chi connectivity index (χ1v) is 6.01. The third-order valence-corrected chi connectivity index (χ3v) is 3.57. The number of hydrogen-bond donors (Lipinski definition) is 2. The van der Waals surface area contributed by atoms with Crippen LogP contribution in [0.2, 0.25) is 0 Å². The normalized spacial score (nSPS) is 36.6. The van der Waals surface area contributed by atoms with Gasteiger partial charge in [0.05, 0.1) is 0 Å². The van der Waals surface area contributed by atoms with E-state index in [9.17, 15) is 0 Å². The summed E-state index contributed by atoms with van der Waals surface area (Å²) in [6, 6.07) is 1.46. The van der Waals surface area contributed by atoms with Crippen molar-refractivity contribution < 1.29 is 0 Å². The number of nitrogens with zero attached hydrogens (tertiary/aromatic N) is 1. The molecule has 0 amide bonds. The lowest BCUT2D eigenvalue weighted by Crippen LogP contribution is -2.50. The van der Waals surface area contributed by atoms with Crippen LogP contribution >= 0.6 is 0 Å². The molecule has 1 saturated carbocycles. The molecular weight excluding hydrogens is 174 g/mol. The number of rotatable bonds is 0. The molecule has 1 aliphatic heterocycles. The SMILES string of the molecule is CN1CCNC2CCCCC2NCC1. The van der Waals surface area contributed by atoms with Gasteiger partial charge in [-0.3, -0.25) is 0 Å². The fourth-order valence-corrected chi connectivity index (χ4v) is 2.61. The average molecular weight is 197 g/mol. The summed E-state index contributed by atoms with van der Waals surface area (Å²) >= 11 is 0. The molecule has 2 aliphatic rings. The van der Waals surface area contributed by atoms with E-state index >= 15 is 0 Å². The molecule has 1 aliphatic carbocycles. The molecule has 14 heavy (non-hydrogen) atoms. The van der Waals surface area contributed by atoms with Gasteiger partial charge in [0.2, 0.25) is 0 Å². The van der Waals surface area contributed by atoms with Gasteiger partial charge in [0.25, 0.3) is 0 Å². The van der Waals surface area contributed by atoms with Crippen LogP contribution in [0.5, 0.6) is 0 Å². The summed E-state index contributed by atoms with van der Waals surface area (Å²) in [5.74, 6) is 0. The first-order valence-electron chi connectivity index (χ1n) is 6.01. The van der Waals surface area contributed by atoms with E-state index in [0.29, 0.717) is 0 Å². The van der Waals surface area contributed by atoms with Crippen molar-refractivity contribution in [1.29, 1.82) is 0 Å². The van der Waals surface area contributed by atoms with E-state index in [2.05, 4.69) is 22.6 Å². The molecule has 0 aromatic carbocycles. The molecule has 2 N–H and O–H groups in total. The molecule has 2 rings (SSSR count). The molecule has 2 unspecified atom stereocenters. The second-order valence-electron chi connectivity index (χ2n) is 4.71. The largest absolute Gasteiger partial charge is 0.311 e. The number of nitrogens with one attached hydrogen (secondary N) is 2. The molecule has 1 heterocycles. The lowest BCUT2D eigenvalue weighted by molar-refractivity contribution is 0.293. The fourth-order valence-electron chi connectivity index (χ4n) is 2.61. The van der Waals surface area contributed by atoms with Gasteiger partial charge in [-0.2, -0.15) is 0 Å². The van der Waals surface area contributed by atoms with E-state index in [1.807, 2.05) is 0 Å². The zero-order valence-electron chi connectivity index (χ0n) is 9.26. The van der Waals surface area contributed by atoms with Crippen LogP contribution in [0.1, 0.15) is 25.7 Å². The molecule has 0 aromatic heterocycles. The van der Waals surface area contributed by atoms with Gasteiger partial charge in [-0.1, -0.05) is 12.8 Å². The first-order chi connectivity index (χ1) is 6.86. The quantitative estimate of drug-likeness (QED) is 0.589. The predicted molar refractivity (Wildman–Crippen MR) is 59.5 cm³/mol. The summed E-state index contributed by atoms with van der Waals surface area (Å²) in [6.45, 7) is 4.68. The molecule has 0 bridgehead atoms. The molecule has 1 saturated heterocycles. The minimum absolute atomic E-state index is 0.732. The van der Waals surface area contributed by atoms with Crippen molar-refractivity contribution in [2.45, 2.75) is 37.8 Å². The Kier molecular flexibility index (Phi) is 3.79. The van der Waals surface area contributed by atoms with Crippen molar-refractivity contribution in [1.82, 2.24) is 15.5 Å². The van der Waals surface area contributed by atoms with E-state index in [1.54, 1.807) is 0 Å². The second-order valence-corrected chi connectivity index (χ2v) is 4.71. The average Bonchev–Trinajstić information content (AvgIpc) is 2.28. The summed E-state index contributed by atoms with van der Waals surface area (Å²) in [4.78, 5) is 2.40. The lowest BCUT2D eigenvalue weighted by Gasteiger charge is -2.32. The lowest BCUT2D eigenvalue weighted by atomic mass is 9.90. The van der Waals surface area contributed by atoms with Crippen molar-refractivity contribution >= 4 is 0 Å². The second kappa shape index (κ2) is 5.10. The maximum absolute atomic E-state index is 3.69. The summed E-state index contributed by atoms with van der Waals surface area (Å²) in [6.07, 6.45) is 5.54. The molecular formula is C11H23N3. The molecule has 3 heteroatoms. The van der Waals surface area contributed by atoms with Gasteiger partial charge in [0.1, 0.15) is 0 Å². The first kappa shape index (κ1) is 10.4. The molecule has 0 aromatic rings. The summed E-state index contributed by atoms with van der Waals surface area (Å²) in [5.41, 5.74) is 0. The monoisotopic (exact) mass is 197 g/mol. The molecule has 0 radical (unpaired) electrons. The number of fused-ring (bicyclic) bond motifs is 1. The molecule has 3 nitrogen and oxygen atoms in total. The van der Waals surface area contributed by atoms with E-state index in [1.165, 1.54) is 38.8 Å². The number of hydrogen-bond acceptors (Lipinski definition) is 3. The third-order valence-electron chi connectivity index (χ3n) is 3.57. The van der Waals surface area contributed by atoms with Crippen LogP contribution < -0.4 is 10.6 Å². The van der Waals surface area contributed by atoms with Crippen molar-refractivity contribution in [3.63, 3.8) is 0 Å². The van der Waals surface area contributed by atoms with Crippen molar-refractivity contribution in [3.8, 4) is 0 Å². The Balaban J connectivity index is 1.89. The minimum atomic E-state index is 0.732. The molecule has 82 valence electrons. The summed E-state index contributed by atoms with van der Waals surface area (Å²) < 4.78 is 0. The highest BCUT2D eigenvalue weighted by Crippen LogP contribution is 2.18. The van der Waals surface area contributed by atoms with Crippen molar-refractivity contribution in [3.05, 3.63) is 0 Å². The van der Waals surface area contributed by atoms with Gasteiger partial charge in [-0.25, -0.2) is 0 Å². The molecule has 2 atom stereocenters. The predicted octanol–water partition coefficient (Wildman–Crippen LogP) is 0.422. The summed E-state index contributed by atoms with van der Waals surface area (Å²) in [7, 11) is 2.21. The van der Waals surface area contributed by atoms with Crippen LogP contribution in [0.15, 0.2) is 0 Å². The van der Waals surface area contributed by atoms with E-state index < -0.39 is 0 Å². The van der Waals surface area contributed by atoms with Crippen molar-refractivity contribution in [2.24, 2.45) is 0 Å². The van der Waals surface area contributed by atoms with Gasteiger partial charge in [0, 0.05) is 38.3 Å². The Labute approximate surface area is 87.2 Å². The van der Waals surface area contributed by atoms with Crippen LogP contribution in [0.25, 0.3) is 0 Å². The zero-order valence-corrected chi connectivity index (χ0v) is 9.26. The maximum Gasteiger partial charge on any atom is 0.0221 e. The number of likely N-dealkylation sites (N-methyl/N-ethyl adjacent to an activating group) is 1. The third kappa shape index (κ3) is 2.69. The fraction of sp³-hybridized carbons (Fsp3) is 1.00. The maximum atomic E-state index is 3.69. The summed E-state index contributed by atoms with van der Waals surface area (Å²) in [5, 5.41) is 7.38. The van der Waals surface area contributed by atoms with Crippen LogP contribution in [0.3, 0.4) is 0 Å². The van der Waals surface area contributed by atoms with Gasteiger partial charge in [-0.15, -0.1) is 0 Å².